The molecule has 5 nitrogen and oxygen atoms in total. The highest BCUT2D eigenvalue weighted by Gasteiger charge is 2.11. The highest BCUT2D eigenvalue weighted by Crippen LogP contribution is 2.18. The first-order valence-electron chi connectivity index (χ1n) is 8.37. The average Bonchev–Trinajstić information content (AvgIpc) is 2.60. The average molecular weight is 327 g/mol. The molecule has 0 saturated heterocycles. The molecule has 0 spiro atoms. The number of pyridine rings is 1. The van der Waals surface area contributed by atoms with Crippen molar-refractivity contribution in [2.45, 2.75) is 26.7 Å². The van der Waals surface area contributed by atoms with Crippen LogP contribution in [0.15, 0.2) is 42.7 Å². The lowest BCUT2D eigenvalue weighted by molar-refractivity contribution is 0.0951. The number of ether oxygens (including phenoxy) is 1. The van der Waals surface area contributed by atoms with Gasteiger partial charge in [0, 0.05) is 31.2 Å². The van der Waals surface area contributed by atoms with Crippen LogP contribution in [-0.4, -0.2) is 30.6 Å². The van der Waals surface area contributed by atoms with Crippen molar-refractivity contribution in [1.29, 1.82) is 0 Å². The van der Waals surface area contributed by atoms with Crippen molar-refractivity contribution in [2.75, 3.05) is 25.0 Å². The minimum Gasteiger partial charge on any atom is -0.493 e. The summed E-state index contributed by atoms with van der Waals surface area (Å²) >= 11 is 0. The highest BCUT2D eigenvalue weighted by molar-refractivity contribution is 5.96. The van der Waals surface area contributed by atoms with Crippen molar-refractivity contribution in [3.05, 3.63) is 53.9 Å². The lowest BCUT2D eigenvalue weighted by Gasteiger charge is -2.12. The molecule has 1 heterocycles. The number of amides is 1. The molecular weight excluding hydrogens is 302 g/mol. The number of anilines is 1. The number of nitrogens with zero attached hydrogens (tertiary/aromatic N) is 1. The molecule has 5 heteroatoms. The van der Waals surface area contributed by atoms with Crippen LogP contribution in [0.2, 0.25) is 0 Å². The van der Waals surface area contributed by atoms with Gasteiger partial charge in [0.2, 0.25) is 0 Å². The SMILES string of the molecule is CCCCOc1ccccc1C(=O)NCCNc1ccncc1C. The van der Waals surface area contributed by atoms with E-state index >= 15 is 0 Å². The topological polar surface area (TPSA) is 63.2 Å². The van der Waals surface area contributed by atoms with E-state index in [9.17, 15) is 4.79 Å². The van der Waals surface area contributed by atoms with Gasteiger partial charge in [-0.25, -0.2) is 0 Å². The van der Waals surface area contributed by atoms with Crippen molar-refractivity contribution >= 4 is 11.6 Å². The van der Waals surface area contributed by atoms with Crippen LogP contribution < -0.4 is 15.4 Å². The lowest BCUT2D eigenvalue weighted by atomic mass is 10.2. The van der Waals surface area contributed by atoms with E-state index in [0.717, 1.165) is 24.1 Å². The molecular formula is C19H25N3O2. The summed E-state index contributed by atoms with van der Waals surface area (Å²) in [5.74, 6) is 0.525. The van der Waals surface area contributed by atoms with E-state index in [1.54, 1.807) is 12.3 Å². The Labute approximate surface area is 143 Å². The summed E-state index contributed by atoms with van der Waals surface area (Å²) < 4.78 is 5.71. The van der Waals surface area contributed by atoms with Crippen molar-refractivity contribution in [2.24, 2.45) is 0 Å². The van der Waals surface area contributed by atoms with Gasteiger partial charge < -0.3 is 15.4 Å². The zero-order chi connectivity index (χ0) is 17.2. The first-order chi connectivity index (χ1) is 11.7. The van der Waals surface area contributed by atoms with Gasteiger partial charge in [0.1, 0.15) is 5.75 Å². The first-order valence-corrected chi connectivity index (χ1v) is 8.37. The number of rotatable bonds is 9. The predicted octanol–water partition coefficient (Wildman–Crippen LogP) is 3.41. The molecule has 0 fully saturated rings. The summed E-state index contributed by atoms with van der Waals surface area (Å²) in [6.45, 7) is 5.92. The normalized spacial score (nSPS) is 10.2. The Kier molecular flexibility index (Phi) is 7.08. The summed E-state index contributed by atoms with van der Waals surface area (Å²) in [6.07, 6.45) is 5.60. The molecule has 0 atom stereocenters. The van der Waals surface area contributed by atoms with Crippen LogP contribution >= 0.6 is 0 Å². The maximum Gasteiger partial charge on any atom is 0.255 e. The van der Waals surface area contributed by atoms with E-state index < -0.39 is 0 Å². The van der Waals surface area contributed by atoms with Gasteiger partial charge in [-0.3, -0.25) is 9.78 Å². The van der Waals surface area contributed by atoms with Gasteiger partial charge in [-0.15, -0.1) is 0 Å². The third-order valence-corrected chi connectivity index (χ3v) is 3.63. The second-order valence-electron chi connectivity index (χ2n) is 5.57. The zero-order valence-electron chi connectivity index (χ0n) is 14.3. The van der Waals surface area contributed by atoms with Gasteiger partial charge in [-0.1, -0.05) is 25.5 Å². The Bertz CT molecular complexity index is 659. The molecule has 2 N–H and O–H groups in total. The fraction of sp³-hybridized carbons (Fsp3) is 0.368. The Morgan fingerprint density at radius 1 is 1.21 bits per heavy atom. The minimum atomic E-state index is -0.115. The number of carbonyl (C=O) groups excluding carboxylic acids is 1. The number of hydrogen-bond donors (Lipinski definition) is 2. The van der Waals surface area contributed by atoms with Gasteiger partial charge in [0.15, 0.2) is 0 Å². The number of aromatic nitrogens is 1. The molecule has 1 amide bonds. The van der Waals surface area contributed by atoms with Crippen molar-refractivity contribution in [3.8, 4) is 5.75 Å². The summed E-state index contributed by atoms with van der Waals surface area (Å²) in [4.78, 5) is 16.4. The summed E-state index contributed by atoms with van der Waals surface area (Å²) in [6, 6.07) is 9.28. The maximum absolute atomic E-state index is 12.3. The number of unbranched alkanes of at least 4 members (excludes halogenated alkanes) is 1. The standard InChI is InChI=1S/C19H25N3O2/c1-3-4-13-24-18-8-6-5-7-16(18)19(23)22-12-11-21-17-9-10-20-14-15(17)2/h5-10,14H,3-4,11-13H2,1-2H3,(H,20,21)(H,22,23). The van der Waals surface area contributed by atoms with Crippen LogP contribution in [0.4, 0.5) is 5.69 Å². The minimum absolute atomic E-state index is 0.115. The Hall–Kier alpha value is -2.56. The molecule has 2 rings (SSSR count). The zero-order valence-corrected chi connectivity index (χ0v) is 14.3. The molecule has 0 unspecified atom stereocenters. The maximum atomic E-state index is 12.3. The molecule has 1 aromatic carbocycles. The highest BCUT2D eigenvalue weighted by atomic mass is 16.5. The first kappa shape index (κ1) is 17.8. The van der Waals surface area contributed by atoms with Crippen LogP contribution in [0.3, 0.4) is 0 Å². The number of hydrogen-bond acceptors (Lipinski definition) is 4. The second-order valence-corrected chi connectivity index (χ2v) is 5.57. The molecule has 0 aliphatic carbocycles. The quantitative estimate of drug-likeness (QED) is 0.693. The number of benzene rings is 1. The van der Waals surface area contributed by atoms with Crippen LogP contribution in [-0.2, 0) is 0 Å². The summed E-state index contributed by atoms with van der Waals surface area (Å²) in [5, 5.41) is 6.21. The van der Waals surface area contributed by atoms with Crippen molar-refractivity contribution in [3.63, 3.8) is 0 Å². The Morgan fingerprint density at radius 3 is 2.83 bits per heavy atom. The fourth-order valence-corrected chi connectivity index (χ4v) is 2.25. The van der Waals surface area contributed by atoms with Crippen LogP contribution in [0.5, 0.6) is 5.75 Å². The van der Waals surface area contributed by atoms with Crippen LogP contribution in [0, 0.1) is 6.92 Å². The van der Waals surface area contributed by atoms with E-state index in [2.05, 4.69) is 22.5 Å². The van der Waals surface area contributed by atoms with E-state index in [-0.39, 0.29) is 5.91 Å². The number of carbonyl (C=O) groups is 1. The third kappa shape index (κ3) is 5.26. The molecule has 128 valence electrons. The van der Waals surface area contributed by atoms with Gasteiger partial charge in [-0.05, 0) is 37.1 Å². The lowest BCUT2D eigenvalue weighted by Crippen LogP contribution is -2.29. The Balaban J connectivity index is 1.83. The van der Waals surface area contributed by atoms with Gasteiger partial charge in [0.05, 0.1) is 12.2 Å². The molecule has 0 saturated carbocycles. The number of para-hydroxylation sites is 1. The smallest absolute Gasteiger partial charge is 0.255 e. The van der Waals surface area contributed by atoms with E-state index in [0.29, 0.717) is 31.0 Å². The fourth-order valence-electron chi connectivity index (χ4n) is 2.25. The van der Waals surface area contributed by atoms with Crippen molar-refractivity contribution in [1.82, 2.24) is 10.3 Å². The molecule has 0 aliphatic rings. The number of aryl methyl sites for hydroxylation is 1. The van der Waals surface area contributed by atoms with Gasteiger partial charge in [-0.2, -0.15) is 0 Å². The largest absolute Gasteiger partial charge is 0.493 e. The molecule has 24 heavy (non-hydrogen) atoms. The molecule has 2 aromatic rings. The van der Waals surface area contributed by atoms with Crippen LogP contribution in [0.1, 0.15) is 35.7 Å². The molecule has 1 aromatic heterocycles. The van der Waals surface area contributed by atoms with E-state index in [1.807, 2.05) is 37.4 Å². The molecule has 0 aliphatic heterocycles. The predicted molar refractivity (Wildman–Crippen MR) is 96.6 cm³/mol. The number of nitrogens with one attached hydrogen (secondary N) is 2. The van der Waals surface area contributed by atoms with E-state index in [4.69, 9.17) is 4.74 Å². The van der Waals surface area contributed by atoms with Gasteiger partial charge in [0.25, 0.3) is 5.91 Å². The van der Waals surface area contributed by atoms with Crippen LogP contribution in [0.25, 0.3) is 0 Å². The Morgan fingerprint density at radius 2 is 2.04 bits per heavy atom. The van der Waals surface area contributed by atoms with E-state index in [1.165, 1.54) is 0 Å². The third-order valence-electron chi connectivity index (χ3n) is 3.63. The monoisotopic (exact) mass is 327 g/mol. The van der Waals surface area contributed by atoms with Crippen molar-refractivity contribution < 1.29 is 9.53 Å². The molecule has 0 radical (unpaired) electrons. The summed E-state index contributed by atoms with van der Waals surface area (Å²) in [5.41, 5.74) is 2.69. The molecule has 0 bridgehead atoms. The van der Waals surface area contributed by atoms with Gasteiger partial charge >= 0.3 is 0 Å². The summed E-state index contributed by atoms with van der Waals surface area (Å²) in [7, 11) is 0. The second kappa shape index (κ2) is 9.55.